The maximum Gasteiger partial charge on any atom is 0.137 e. The number of pyridine rings is 2. The van der Waals surface area contributed by atoms with Crippen LogP contribution in [0.15, 0.2) is 24.9 Å². The van der Waals surface area contributed by atoms with Crippen LogP contribution in [0.25, 0.3) is 6.08 Å². The number of piperazine rings is 1. The van der Waals surface area contributed by atoms with Gasteiger partial charge in [-0.1, -0.05) is 12.7 Å². The second-order valence-electron chi connectivity index (χ2n) is 9.01. The minimum absolute atomic E-state index is 0.525. The molecule has 6 heteroatoms. The molecule has 2 fully saturated rings. The molecule has 0 radical (unpaired) electrons. The van der Waals surface area contributed by atoms with Gasteiger partial charge in [-0.2, -0.15) is 0 Å². The standard InChI is InChI=1S/C25H36N6/c1-6-22-23(16-19(3)28-25(22)29(4)5)31-11-7-20(8-12-31)24-18(2)15-21(17-27-24)30-13-9-26-10-14-30/h6,15-17,20,26H,1,7-14H2,2-5H3. The minimum atomic E-state index is 0.525. The first kappa shape index (κ1) is 21.6. The average molecular weight is 421 g/mol. The summed E-state index contributed by atoms with van der Waals surface area (Å²) in [5.41, 5.74) is 7.30. The first-order valence-electron chi connectivity index (χ1n) is 11.5. The normalized spacial score (nSPS) is 17.7. The van der Waals surface area contributed by atoms with Crippen LogP contribution in [0.1, 0.15) is 41.3 Å². The van der Waals surface area contributed by atoms with Gasteiger partial charge in [0, 0.05) is 81.9 Å². The van der Waals surface area contributed by atoms with E-state index in [4.69, 9.17) is 9.97 Å². The van der Waals surface area contributed by atoms with Crippen LogP contribution in [0.5, 0.6) is 0 Å². The first-order valence-corrected chi connectivity index (χ1v) is 11.5. The Balaban J connectivity index is 1.49. The molecule has 0 spiro atoms. The summed E-state index contributed by atoms with van der Waals surface area (Å²) < 4.78 is 0. The number of aryl methyl sites for hydroxylation is 2. The van der Waals surface area contributed by atoms with Crippen molar-refractivity contribution in [3.05, 3.63) is 47.4 Å². The lowest BCUT2D eigenvalue weighted by molar-refractivity contribution is 0.494. The van der Waals surface area contributed by atoms with Gasteiger partial charge in [-0.25, -0.2) is 4.98 Å². The molecule has 2 aliphatic rings. The van der Waals surface area contributed by atoms with E-state index in [0.29, 0.717) is 5.92 Å². The summed E-state index contributed by atoms with van der Waals surface area (Å²) in [6.45, 7) is 14.7. The Bertz CT molecular complexity index is 924. The summed E-state index contributed by atoms with van der Waals surface area (Å²) in [6.07, 6.45) is 6.28. The molecule has 0 aliphatic carbocycles. The highest BCUT2D eigenvalue weighted by molar-refractivity contribution is 5.76. The summed E-state index contributed by atoms with van der Waals surface area (Å²) in [5, 5.41) is 3.42. The zero-order valence-electron chi connectivity index (χ0n) is 19.5. The van der Waals surface area contributed by atoms with E-state index in [1.165, 1.54) is 22.6 Å². The summed E-state index contributed by atoms with van der Waals surface area (Å²) in [5.74, 6) is 1.52. The molecule has 0 saturated carbocycles. The van der Waals surface area contributed by atoms with E-state index >= 15 is 0 Å². The Kier molecular flexibility index (Phi) is 6.46. The van der Waals surface area contributed by atoms with Gasteiger partial charge in [0.1, 0.15) is 5.82 Å². The van der Waals surface area contributed by atoms with Crippen molar-refractivity contribution in [2.24, 2.45) is 0 Å². The molecule has 4 rings (SSSR count). The number of rotatable bonds is 5. The van der Waals surface area contributed by atoms with Gasteiger partial charge in [0.05, 0.1) is 11.9 Å². The van der Waals surface area contributed by atoms with E-state index in [0.717, 1.165) is 69.2 Å². The van der Waals surface area contributed by atoms with Crippen LogP contribution in [-0.2, 0) is 0 Å². The van der Waals surface area contributed by atoms with Crippen LogP contribution >= 0.6 is 0 Å². The highest BCUT2D eigenvalue weighted by Gasteiger charge is 2.26. The lowest BCUT2D eigenvalue weighted by Gasteiger charge is -2.36. The summed E-state index contributed by atoms with van der Waals surface area (Å²) in [7, 11) is 4.09. The topological polar surface area (TPSA) is 47.5 Å². The fourth-order valence-corrected chi connectivity index (χ4v) is 4.94. The fraction of sp³-hybridized carbons (Fsp3) is 0.520. The maximum atomic E-state index is 4.95. The largest absolute Gasteiger partial charge is 0.371 e. The van der Waals surface area contributed by atoms with Gasteiger partial charge in [-0.05, 0) is 44.4 Å². The van der Waals surface area contributed by atoms with Gasteiger partial charge in [0.15, 0.2) is 0 Å². The number of hydrogen-bond acceptors (Lipinski definition) is 6. The third-order valence-electron chi connectivity index (χ3n) is 6.58. The molecule has 0 atom stereocenters. The quantitative estimate of drug-likeness (QED) is 0.798. The second kappa shape index (κ2) is 9.27. The van der Waals surface area contributed by atoms with Gasteiger partial charge in [0.25, 0.3) is 0 Å². The zero-order chi connectivity index (χ0) is 22.0. The zero-order valence-corrected chi connectivity index (χ0v) is 19.5. The average Bonchev–Trinajstić information content (AvgIpc) is 2.79. The molecule has 0 bridgehead atoms. The SMILES string of the molecule is C=Cc1c(N2CCC(c3ncc(N4CCNCC4)cc3C)CC2)cc(C)nc1N(C)C. The van der Waals surface area contributed by atoms with Crippen LogP contribution in [0, 0.1) is 13.8 Å². The van der Waals surface area contributed by atoms with E-state index in [1.807, 2.05) is 20.2 Å². The Hall–Kier alpha value is -2.60. The van der Waals surface area contributed by atoms with Gasteiger partial charge in [0.2, 0.25) is 0 Å². The third kappa shape index (κ3) is 4.54. The van der Waals surface area contributed by atoms with Crippen molar-refractivity contribution in [1.29, 1.82) is 0 Å². The number of nitrogens with zero attached hydrogens (tertiary/aromatic N) is 5. The van der Waals surface area contributed by atoms with Gasteiger partial charge in [-0.15, -0.1) is 0 Å². The van der Waals surface area contributed by atoms with E-state index < -0.39 is 0 Å². The van der Waals surface area contributed by atoms with E-state index in [9.17, 15) is 0 Å². The second-order valence-corrected chi connectivity index (χ2v) is 9.01. The van der Waals surface area contributed by atoms with Crippen LogP contribution in [0.4, 0.5) is 17.2 Å². The van der Waals surface area contributed by atoms with Crippen molar-refractivity contribution in [2.45, 2.75) is 32.6 Å². The Morgan fingerprint density at radius 2 is 1.77 bits per heavy atom. The van der Waals surface area contributed by atoms with Crippen LogP contribution in [0.2, 0.25) is 0 Å². The number of aromatic nitrogens is 2. The van der Waals surface area contributed by atoms with Crippen molar-refractivity contribution >= 4 is 23.3 Å². The lowest BCUT2D eigenvalue weighted by atomic mass is 9.90. The van der Waals surface area contributed by atoms with Crippen LogP contribution in [-0.4, -0.2) is 63.3 Å². The third-order valence-corrected chi connectivity index (χ3v) is 6.58. The molecule has 2 aliphatic heterocycles. The minimum Gasteiger partial charge on any atom is -0.371 e. The fourth-order valence-electron chi connectivity index (χ4n) is 4.94. The van der Waals surface area contributed by atoms with Crippen LogP contribution in [0.3, 0.4) is 0 Å². The molecule has 2 saturated heterocycles. The number of anilines is 3. The van der Waals surface area contributed by atoms with Gasteiger partial charge in [-0.3, -0.25) is 4.98 Å². The smallest absolute Gasteiger partial charge is 0.137 e. The van der Waals surface area contributed by atoms with Crippen molar-refractivity contribution in [3.8, 4) is 0 Å². The lowest BCUT2D eigenvalue weighted by Crippen LogP contribution is -2.43. The molecular formula is C25H36N6. The Morgan fingerprint density at radius 3 is 2.39 bits per heavy atom. The summed E-state index contributed by atoms with van der Waals surface area (Å²) in [4.78, 5) is 16.7. The first-order chi connectivity index (χ1) is 15.0. The molecule has 0 aromatic carbocycles. The number of nitrogens with one attached hydrogen (secondary N) is 1. The predicted octanol–water partition coefficient (Wildman–Crippen LogP) is 3.60. The van der Waals surface area contributed by atoms with Crippen molar-refractivity contribution < 1.29 is 0 Å². The molecule has 1 N–H and O–H groups in total. The van der Waals surface area contributed by atoms with E-state index in [2.05, 4.69) is 58.8 Å². The van der Waals surface area contributed by atoms with Gasteiger partial charge >= 0.3 is 0 Å². The highest BCUT2D eigenvalue weighted by atomic mass is 15.2. The summed E-state index contributed by atoms with van der Waals surface area (Å²) in [6, 6.07) is 4.54. The monoisotopic (exact) mass is 420 g/mol. The Morgan fingerprint density at radius 1 is 1.06 bits per heavy atom. The molecule has 2 aromatic heterocycles. The predicted molar refractivity (Wildman–Crippen MR) is 132 cm³/mol. The van der Waals surface area contributed by atoms with Crippen molar-refractivity contribution in [1.82, 2.24) is 15.3 Å². The number of piperidine rings is 1. The number of hydrogen-bond donors (Lipinski definition) is 1. The van der Waals surface area contributed by atoms with E-state index in [1.54, 1.807) is 0 Å². The van der Waals surface area contributed by atoms with Crippen molar-refractivity contribution in [2.75, 3.05) is 68.1 Å². The molecule has 6 nitrogen and oxygen atoms in total. The molecule has 166 valence electrons. The molecule has 0 amide bonds. The van der Waals surface area contributed by atoms with Gasteiger partial charge < -0.3 is 20.0 Å². The molecule has 31 heavy (non-hydrogen) atoms. The van der Waals surface area contributed by atoms with Crippen molar-refractivity contribution in [3.63, 3.8) is 0 Å². The molecule has 2 aromatic rings. The summed E-state index contributed by atoms with van der Waals surface area (Å²) >= 11 is 0. The van der Waals surface area contributed by atoms with Crippen LogP contribution < -0.4 is 20.0 Å². The van der Waals surface area contributed by atoms with E-state index in [-0.39, 0.29) is 0 Å². The molecule has 4 heterocycles. The highest BCUT2D eigenvalue weighted by Crippen LogP contribution is 2.36. The molecular weight excluding hydrogens is 384 g/mol. The maximum absolute atomic E-state index is 4.95. The Labute approximate surface area is 187 Å². The molecule has 0 unspecified atom stereocenters.